The minimum absolute atomic E-state index is 0.0994. The second kappa shape index (κ2) is 4.06. The van der Waals surface area contributed by atoms with Crippen LogP contribution in [0.15, 0.2) is 17.0 Å². The van der Waals surface area contributed by atoms with Crippen LogP contribution in [-0.4, -0.2) is 33.9 Å². The predicted molar refractivity (Wildman–Crippen MR) is 64.3 cm³/mol. The molecule has 1 N–H and O–H groups in total. The fourth-order valence-electron chi connectivity index (χ4n) is 1.62. The Morgan fingerprint density at radius 1 is 1.41 bits per heavy atom. The maximum absolute atomic E-state index is 11.8. The maximum Gasteiger partial charge on any atom is 0.251 e. The highest BCUT2D eigenvalue weighted by Gasteiger charge is 2.41. The molecule has 0 aliphatic carbocycles. The first kappa shape index (κ1) is 12.0. The molecule has 1 aliphatic rings. The summed E-state index contributed by atoms with van der Waals surface area (Å²) in [6.07, 6.45) is 1.38. The molecule has 2 amide bonds. The summed E-state index contributed by atoms with van der Waals surface area (Å²) in [5.41, 5.74) is -0.818. The van der Waals surface area contributed by atoms with Gasteiger partial charge >= 0.3 is 0 Å². The number of hydrogen-bond acceptors (Lipinski definition) is 5. The van der Waals surface area contributed by atoms with Gasteiger partial charge in [0.2, 0.25) is 5.91 Å². The van der Waals surface area contributed by atoms with Gasteiger partial charge in [-0.05, 0) is 29.8 Å². The number of carbonyl (C=O) groups is 2. The van der Waals surface area contributed by atoms with Crippen LogP contribution in [0.1, 0.15) is 13.8 Å². The Balaban J connectivity index is 2.42. The molecule has 2 rings (SSSR count). The summed E-state index contributed by atoms with van der Waals surface area (Å²) in [5.74, 6) is -0.118. The highest BCUT2D eigenvalue weighted by Crippen LogP contribution is 2.25. The van der Waals surface area contributed by atoms with E-state index in [0.717, 1.165) is 0 Å². The van der Waals surface area contributed by atoms with Crippen molar-refractivity contribution >= 4 is 33.6 Å². The fourth-order valence-corrected chi connectivity index (χ4v) is 1.92. The van der Waals surface area contributed by atoms with Gasteiger partial charge in [0.15, 0.2) is 0 Å². The zero-order chi connectivity index (χ0) is 12.6. The lowest BCUT2D eigenvalue weighted by atomic mass is 9.99. The van der Waals surface area contributed by atoms with Crippen LogP contribution in [0, 0.1) is 0 Å². The third-order valence-electron chi connectivity index (χ3n) is 2.68. The van der Waals surface area contributed by atoms with Gasteiger partial charge < -0.3 is 4.90 Å². The third-order valence-corrected chi connectivity index (χ3v) is 3.11. The monoisotopic (exact) mass is 298 g/mol. The maximum atomic E-state index is 11.8. The molecule has 0 radical (unpaired) electrons. The molecule has 1 aliphatic heterocycles. The topological polar surface area (TPSA) is 75.2 Å². The van der Waals surface area contributed by atoms with E-state index in [1.54, 1.807) is 24.8 Å². The number of halogens is 1. The van der Waals surface area contributed by atoms with Gasteiger partial charge in [0, 0.05) is 6.07 Å². The normalized spacial score (nSPS) is 19.1. The number of hydrogen-bond donors (Lipinski definition) is 1. The van der Waals surface area contributed by atoms with Gasteiger partial charge in [0.1, 0.15) is 22.3 Å². The molecular formula is C10H11BrN4O2. The number of anilines is 1. The molecule has 1 aromatic rings. The van der Waals surface area contributed by atoms with E-state index in [2.05, 4.69) is 31.2 Å². The number of piperazine rings is 1. The molecule has 7 heteroatoms. The minimum Gasteiger partial charge on any atom is -0.333 e. The van der Waals surface area contributed by atoms with Gasteiger partial charge in [0.05, 0.1) is 6.54 Å². The Bertz CT molecular complexity index is 489. The molecule has 1 saturated heterocycles. The Morgan fingerprint density at radius 3 is 2.76 bits per heavy atom. The smallest absolute Gasteiger partial charge is 0.251 e. The van der Waals surface area contributed by atoms with Crippen molar-refractivity contribution in [2.45, 2.75) is 19.4 Å². The number of rotatable bonds is 1. The summed E-state index contributed by atoms with van der Waals surface area (Å²) in [4.78, 5) is 32.8. The van der Waals surface area contributed by atoms with Gasteiger partial charge in [-0.2, -0.15) is 0 Å². The van der Waals surface area contributed by atoms with Crippen LogP contribution >= 0.6 is 15.9 Å². The number of amides is 2. The molecule has 6 nitrogen and oxygen atoms in total. The van der Waals surface area contributed by atoms with E-state index < -0.39 is 5.54 Å². The highest BCUT2D eigenvalue weighted by atomic mass is 79.9. The molecule has 17 heavy (non-hydrogen) atoms. The lowest BCUT2D eigenvalue weighted by Gasteiger charge is -2.40. The van der Waals surface area contributed by atoms with Crippen molar-refractivity contribution in [3.8, 4) is 0 Å². The Hall–Kier alpha value is -1.50. The Morgan fingerprint density at radius 2 is 2.12 bits per heavy atom. The van der Waals surface area contributed by atoms with E-state index in [1.807, 2.05) is 0 Å². The van der Waals surface area contributed by atoms with Crippen molar-refractivity contribution in [1.82, 2.24) is 15.3 Å². The molecule has 1 aromatic heterocycles. The predicted octanol–water partition coefficient (Wildman–Crippen LogP) is 0.480. The highest BCUT2D eigenvalue weighted by molar-refractivity contribution is 9.10. The first-order valence-corrected chi connectivity index (χ1v) is 5.80. The van der Waals surface area contributed by atoms with E-state index in [4.69, 9.17) is 0 Å². The number of nitrogens with one attached hydrogen (secondary N) is 1. The Kier molecular flexibility index (Phi) is 2.86. The molecule has 0 saturated carbocycles. The van der Waals surface area contributed by atoms with E-state index in [1.165, 1.54) is 6.33 Å². The van der Waals surface area contributed by atoms with Gasteiger partial charge in [-0.15, -0.1) is 0 Å². The van der Waals surface area contributed by atoms with Crippen molar-refractivity contribution in [3.63, 3.8) is 0 Å². The zero-order valence-corrected chi connectivity index (χ0v) is 11.0. The number of nitrogens with zero attached hydrogens (tertiary/aromatic N) is 3. The van der Waals surface area contributed by atoms with Crippen LogP contribution in [0.2, 0.25) is 0 Å². The average Bonchev–Trinajstić information content (AvgIpc) is 2.24. The number of aromatic nitrogens is 2. The summed E-state index contributed by atoms with van der Waals surface area (Å²) in [7, 11) is 0. The van der Waals surface area contributed by atoms with Gasteiger partial charge in [-0.25, -0.2) is 9.97 Å². The molecule has 90 valence electrons. The number of imide groups is 1. The van der Waals surface area contributed by atoms with Crippen LogP contribution in [0.4, 0.5) is 5.82 Å². The first-order valence-electron chi connectivity index (χ1n) is 5.01. The quantitative estimate of drug-likeness (QED) is 0.603. The molecule has 0 spiro atoms. The molecule has 0 aromatic carbocycles. The minimum atomic E-state index is -0.818. The van der Waals surface area contributed by atoms with Crippen molar-refractivity contribution in [3.05, 3.63) is 17.0 Å². The third kappa shape index (κ3) is 2.14. The van der Waals surface area contributed by atoms with E-state index in [0.29, 0.717) is 10.4 Å². The van der Waals surface area contributed by atoms with E-state index >= 15 is 0 Å². The first-order chi connectivity index (χ1) is 7.91. The summed E-state index contributed by atoms with van der Waals surface area (Å²) < 4.78 is 0.608. The van der Waals surface area contributed by atoms with Gasteiger partial charge in [-0.3, -0.25) is 14.9 Å². The van der Waals surface area contributed by atoms with E-state index in [-0.39, 0.29) is 18.4 Å². The average molecular weight is 299 g/mol. The van der Waals surface area contributed by atoms with Crippen LogP contribution in [0.25, 0.3) is 0 Å². The molecule has 2 heterocycles. The van der Waals surface area contributed by atoms with E-state index in [9.17, 15) is 9.59 Å². The standard InChI is InChI=1S/C10H11BrN4O2/c1-10(2)9(17)14-8(16)4-15(10)7-3-6(11)12-5-13-7/h3,5H,4H2,1-2H3,(H,14,16,17). The largest absolute Gasteiger partial charge is 0.333 e. The van der Waals surface area contributed by atoms with Crippen LogP contribution < -0.4 is 10.2 Å². The van der Waals surface area contributed by atoms with Crippen molar-refractivity contribution in [1.29, 1.82) is 0 Å². The lowest BCUT2D eigenvalue weighted by Crippen LogP contribution is -2.64. The van der Waals surface area contributed by atoms with Crippen LogP contribution in [0.5, 0.6) is 0 Å². The summed E-state index contributed by atoms with van der Waals surface area (Å²) in [6, 6.07) is 1.67. The molecule has 0 unspecified atom stereocenters. The number of carbonyl (C=O) groups excluding carboxylic acids is 2. The molecule has 0 atom stereocenters. The molecule has 1 fully saturated rings. The van der Waals surface area contributed by atoms with Crippen molar-refractivity contribution in [2.24, 2.45) is 0 Å². The van der Waals surface area contributed by atoms with Crippen LogP contribution in [0.3, 0.4) is 0 Å². The van der Waals surface area contributed by atoms with Crippen molar-refractivity contribution in [2.75, 3.05) is 11.4 Å². The molecular weight excluding hydrogens is 288 g/mol. The van der Waals surface area contributed by atoms with Gasteiger partial charge in [-0.1, -0.05) is 0 Å². The second-order valence-electron chi connectivity index (χ2n) is 4.22. The SMILES string of the molecule is CC1(C)C(=O)NC(=O)CN1c1cc(Br)ncn1. The Labute approximate surface area is 107 Å². The van der Waals surface area contributed by atoms with Crippen molar-refractivity contribution < 1.29 is 9.59 Å². The summed E-state index contributed by atoms with van der Waals surface area (Å²) in [6.45, 7) is 3.58. The summed E-state index contributed by atoms with van der Waals surface area (Å²) >= 11 is 3.23. The second-order valence-corrected chi connectivity index (χ2v) is 5.03. The van der Waals surface area contributed by atoms with Gasteiger partial charge in [0.25, 0.3) is 5.91 Å². The fraction of sp³-hybridized carbons (Fsp3) is 0.400. The lowest BCUT2D eigenvalue weighted by molar-refractivity contribution is -0.135. The van der Waals surface area contributed by atoms with Crippen LogP contribution in [-0.2, 0) is 9.59 Å². The summed E-state index contributed by atoms with van der Waals surface area (Å²) in [5, 5.41) is 2.31. The molecule has 0 bridgehead atoms. The zero-order valence-electron chi connectivity index (χ0n) is 9.40.